The molecule has 7 nitrogen and oxygen atoms in total. The van der Waals surface area contributed by atoms with E-state index in [4.69, 9.17) is 11.6 Å². The Labute approximate surface area is 176 Å². The number of benzene rings is 2. The summed E-state index contributed by atoms with van der Waals surface area (Å²) < 4.78 is 15.1. The Kier molecular flexibility index (Phi) is 6.47. The maximum atomic E-state index is 13.3. The van der Waals surface area contributed by atoms with Crippen LogP contribution >= 0.6 is 11.6 Å². The average molecular weight is 431 g/mol. The first kappa shape index (κ1) is 21.4. The number of hydrogen-bond donors (Lipinski definition) is 1. The minimum atomic E-state index is -0.834. The fourth-order valence-electron chi connectivity index (χ4n) is 2.74. The summed E-state index contributed by atoms with van der Waals surface area (Å²) in [5.41, 5.74) is -1.30. The van der Waals surface area contributed by atoms with Gasteiger partial charge in [0.25, 0.3) is 11.5 Å². The molecule has 1 atom stereocenters. The first-order chi connectivity index (χ1) is 14.3. The monoisotopic (exact) mass is 430 g/mol. The van der Waals surface area contributed by atoms with E-state index in [1.807, 2.05) is 6.92 Å². The molecule has 1 N–H and O–H groups in total. The molecule has 0 aliphatic rings. The fourth-order valence-corrected chi connectivity index (χ4v) is 2.93. The summed E-state index contributed by atoms with van der Waals surface area (Å²) in [7, 11) is 0. The Morgan fingerprint density at radius 1 is 1.17 bits per heavy atom. The van der Waals surface area contributed by atoms with E-state index < -0.39 is 28.7 Å². The Bertz CT molecular complexity index is 1190. The Morgan fingerprint density at radius 3 is 2.47 bits per heavy atom. The van der Waals surface area contributed by atoms with E-state index >= 15 is 0 Å². The van der Waals surface area contributed by atoms with Crippen molar-refractivity contribution in [3.8, 4) is 5.69 Å². The molecule has 1 amide bonds. The van der Waals surface area contributed by atoms with E-state index in [1.165, 1.54) is 12.1 Å². The summed E-state index contributed by atoms with van der Waals surface area (Å²) in [5.74, 6) is -1.19. The van der Waals surface area contributed by atoms with Gasteiger partial charge in [-0.2, -0.15) is 9.78 Å². The van der Waals surface area contributed by atoms with Gasteiger partial charge in [-0.3, -0.25) is 14.2 Å². The van der Waals surface area contributed by atoms with Crippen LogP contribution in [-0.2, 0) is 6.54 Å². The van der Waals surface area contributed by atoms with Gasteiger partial charge < -0.3 is 5.32 Å². The lowest BCUT2D eigenvalue weighted by Crippen LogP contribution is -2.47. The fraction of sp³-hybridized carbons (Fsp3) is 0.238. The molecule has 1 heterocycles. The van der Waals surface area contributed by atoms with Gasteiger partial charge in [0.05, 0.1) is 12.2 Å². The van der Waals surface area contributed by atoms with Gasteiger partial charge >= 0.3 is 5.69 Å². The lowest BCUT2D eigenvalue weighted by molar-refractivity contribution is 0.0929. The standard InChI is InChI=1S/C21H20ClFN4O3/c1-3-13(2)24-19(28)18-20(29)26(12-14-6-4-5-7-17(14)22)21(30)27(25-18)16-10-8-15(23)9-11-16/h4-11,13H,3,12H2,1-2H3,(H,24,28). The molecule has 0 saturated carbocycles. The maximum Gasteiger partial charge on any atom is 0.352 e. The highest BCUT2D eigenvalue weighted by Gasteiger charge is 2.21. The maximum absolute atomic E-state index is 13.3. The minimum absolute atomic E-state index is 0.148. The zero-order valence-corrected chi connectivity index (χ0v) is 17.2. The lowest BCUT2D eigenvalue weighted by atomic mass is 10.2. The highest BCUT2D eigenvalue weighted by Crippen LogP contribution is 2.15. The van der Waals surface area contributed by atoms with Crippen molar-refractivity contribution < 1.29 is 9.18 Å². The van der Waals surface area contributed by atoms with Gasteiger partial charge in [-0.25, -0.2) is 9.18 Å². The van der Waals surface area contributed by atoms with Crippen molar-refractivity contribution in [1.29, 1.82) is 0 Å². The van der Waals surface area contributed by atoms with Crippen molar-refractivity contribution in [2.75, 3.05) is 0 Å². The van der Waals surface area contributed by atoms with E-state index in [0.29, 0.717) is 17.0 Å². The SMILES string of the molecule is CCC(C)NC(=O)c1nn(-c2ccc(F)cc2)c(=O)n(Cc2ccccc2Cl)c1=O. The summed E-state index contributed by atoms with van der Waals surface area (Å²) in [5, 5.41) is 7.04. The number of nitrogens with one attached hydrogen (secondary N) is 1. The van der Waals surface area contributed by atoms with Gasteiger partial charge in [-0.1, -0.05) is 36.7 Å². The molecule has 30 heavy (non-hydrogen) atoms. The molecule has 9 heteroatoms. The number of rotatable bonds is 6. The van der Waals surface area contributed by atoms with Gasteiger partial charge in [0.15, 0.2) is 0 Å². The highest BCUT2D eigenvalue weighted by molar-refractivity contribution is 6.31. The molecule has 3 aromatic rings. The Balaban J connectivity index is 2.20. The molecule has 0 bridgehead atoms. The van der Waals surface area contributed by atoms with E-state index in [0.717, 1.165) is 21.4 Å². The van der Waals surface area contributed by atoms with Crippen LogP contribution in [0.3, 0.4) is 0 Å². The van der Waals surface area contributed by atoms with Gasteiger partial charge in [-0.15, -0.1) is 0 Å². The average Bonchev–Trinajstić information content (AvgIpc) is 2.73. The largest absolute Gasteiger partial charge is 0.352 e. The molecule has 1 aromatic heterocycles. The molecule has 0 aliphatic heterocycles. The molecular weight excluding hydrogens is 411 g/mol. The summed E-state index contributed by atoms with van der Waals surface area (Å²) in [6, 6.07) is 11.6. The Hall–Kier alpha value is -3.26. The summed E-state index contributed by atoms with van der Waals surface area (Å²) in [6.45, 7) is 3.52. The van der Waals surface area contributed by atoms with Crippen LogP contribution in [0.1, 0.15) is 36.3 Å². The normalized spacial score (nSPS) is 11.9. The van der Waals surface area contributed by atoms with Gasteiger partial charge in [-0.05, 0) is 49.2 Å². The van der Waals surface area contributed by atoms with E-state index in [9.17, 15) is 18.8 Å². The zero-order valence-electron chi connectivity index (χ0n) is 16.4. The Morgan fingerprint density at radius 2 is 1.83 bits per heavy atom. The highest BCUT2D eigenvalue weighted by atomic mass is 35.5. The predicted octanol–water partition coefficient (Wildman–Crippen LogP) is 2.76. The molecule has 0 radical (unpaired) electrons. The molecule has 0 spiro atoms. The smallest absolute Gasteiger partial charge is 0.348 e. The first-order valence-corrected chi connectivity index (χ1v) is 9.74. The van der Waals surface area contributed by atoms with Crippen LogP contribution in [0.5, 0.6) is 0 Å². The van der Waals surface area contributed by atoms with Crippen molar-refractivity contribution in [3.63, 3.8) is 0 Å². The van der Waals surface area contributed by atoms with Crippen LogP contribution in [0.4, 0.5) is 4.39 Å². The number of aromatic nitrogens is 3. The molecule has 1 unspecified atom stereocenters. The number of carbonyl (C=O) groups excluding carboxylic acids is 1. The first-order valence-electron chi connectivity index (χ1n) is 9.36. The van der Waals surface area contributed by atoms with Crippen molar-refractivity contribution in [3.05, 3.63) is 91.5 Å². The minimum Gasteiger partial charge on any atom is -0.348 e. The summed E-state index contributed by atoms with van der Waals surface area (Å²) in [4.78, 5) is 38.7. The third-order valence-corrected chi connectivity index (χ3v) is 4.99. The van der Waals surface area contributed by atoms with Crippen molar-refractivity contribution in [2.24, 2.45) is 0 Å². The van der Waals surface area contributed by atoms with E-state index in [1.54, 1.807) is 31.2 Å². The molecule has 0 saturated heterocycles. The van der Waals surface area contributed by atoms with Crippen molar-refractivity contribution in [1.82, 2.24) is 19.7 Å². The van der Waals surface area contributed by atoms with Gasteiger partial charge in [0.2, 0.25) is 5.69 Å². The van der Waals surface area contributed by atoms with Crippen LogP contribution in [0.25, 0.3) is 5.69 Å². The second-order valence-corrected chi connectivity index (χ2v) is 7.19. The van der Waals surface area contributed by atoms with Crippen LogP contribution in [0, 0.1) is 5.82 Å². The number of halogens is 2. The third kappa shape index (κ3) is 4.49. The predicted molar refractivity (Wildman–Crippen MR) is 112 cm³/mol. The molecular formula is C21H20ClFN4O3. The lowest BCUT2D eigenvalue weighted by Gasteiger charge is -2.14. The molecule has 2 aromatic carbocycles. The van der Waals surface area contributed by atoms with Gasteiger partial charge in [0.1, 0.15) is 5.82 Å². The van der Waals surface area contributed by atoms with Crippen molar-refractivity contribution in [2.45, 2.75) is 32.9 Å². The molecule has 3 rings (SSSR count). The second-order valence-electron chi connectivity index (χ2n) is 6.78. The summed E-state index contributed by atoms with van der Waals surface area (Å²) >= 11 is 6.18. The van der Waals surface area contributed by atoms with Crippen LogP contribution in [0.2, 0.25) is 5.02 Å². The van der Waals surface area contributed by atoms with Crippen molar-refractivity contribution >= 4 is 17.5 Å². The number of hydrogen-bond acceptors (Lipinski definition) is 4. The zero-order chi connectivity index (χ0) is 21.8. The number of carbonyl (C=O) groups is 1. The molecule has 0 aliphatic carbocycles. The quantitative estimate of drug-likeness (QED) is 0.651. The third-order valence-electron chi connectivity index (χ3n) is 4.62. The van der Waals surface area contributed by atoms with E-state index in [2.05, 4.69) is 10.4 Å². The summed E-state index contributed by atoms with van der Waals surface area (Å²) in [6.07, 6.45) is 0.650. The van der Waals surface area contributed by atoms with E-state index in [-0.39, 0.29) is 18.3 Å². The van der Waals surface area contributed by atoms with Crippen LogP contribution in [-0.4, -0.2) is 26.3 Å². The number of amides is 1. The molecule has 156 valence electrons. The number of nitrogens with zero attached hydrogens (tertiary/aromatic N) is 3. The molecule has 0 fully saturated rings. The van der Waals surface area contributed by atoms with Crippen LogP contribution in [0.15, 0.2) is 58.1 Å². The van der Waals surface area contributed by atoms with Crippen LogP contribution < -0.4 is 16.6 Å². The topological polar surface area (TPSA) is 86.0 Å². The van der Waals surface area contributed by atoms with Gasteiger partial charge in [0, 0.05) is 11.1 Å². The second kappa shape index (κ2) is 9.04.